The molecule has 1 aliphatic heterocycles. The van der Waals surface area contributed by atoms with E-state index in [1.807, 2.05) is 18.3 Å². The molecule has 0 aliphatic carbocycles. The molecule has 0 spiro atoms. The van der Waals surface area contributed by atoms with Gasteiger partial charge in [-0.3, -0.25) is 0 Å². The highest BCUT2D eigenvalue weighted by Crippen LogP contribution is 2.16. The Morgan fingerprint density at radius 3 is 2.94 bits per heavy atom. The fraction of sp³-hybridized carbons (Fsp3) is 0.583. The molecule has 16 heavy (non-hydrogen) atoms. The maximum atomic E-state index is 5.77. The Kier molecular flexibility index (Phi) is 3.79. The Labute approximate surface area is 102 Å². The van der Waals surface area contributed by atoms with E-state index in [1.54, 1.807) is 0 Å². The zero-order valence-corrected chi connectivity index (χ0v) is 10.5. The standard InChI is InChI=1S/C12H18ClN3/c1-9(10-3-4-12(13)14-7-10)15-11-5-6-16(2)8-11/h3-4,7,9,11,15H,5-6,8H2,1-2H3. The molecule has 1 N–H and O–H groups in total. The van der Waals surface area contributed by atoms with Gasteiger partial charge in [0.15, 0.2) is 0 Å². The molecule has 2 unspecified atom stereocenters. The monoisotopic (exact) mass is 239 g/mol. The fourth-order valence-electron chi connectivity index (χ4n) is 2.16. The van der Waals surface area contributed by atoms with Gasteiger partial charge >= 0.3 is 0 Å². The minimum atomic E-state index is 0.335. The number of halogens is 1. The van der Waals surface area contributed by atoms with Crippen LogP contribution in [-0.4, -0.2) is 36.1 Å². The van der Waals surface area contributed by atoms with Crippen LogP contribution in [0.3, 0.4) is 0 Å². The van der Waals surface area contributed by atoms with Crippen molar-refractivity contribution in [1.82, 2.24) is 15.2 Å². The number of nitrogens with zero attached hydrogens (tertiary/aromatic N) is 2. The SMILES string of the molecule is CC(NC1CCN(C)C1)c1ccc(Cl)nc1. The molecular weight excluding hydrogens is 222 g/mol. The van der Waals surface area contributed by atoms with Crippen LogP contribution in [-0.2, 0) is 0 Å². The van der Waals surface area contributed by atoms with Crippen molar-refractivity contribution in [3.63, 3.8) is 0 Å². The Morgan fingerprint density at radius 1 is 1.56 bits per heavy atom. The summed E-state index contributed by atoms with van der Waals surface area (Å²) in [6, 6.07) is 4.80. The van der Waals surface area contributed by atoms with Gasteiger partial charge in [0.2, 0.25) is 0 Å². The van der Waals surface area contributed by atoms with Crippen LogP contribution in [0.2, 0.25) is 5.15 Å². The number of hydrogen-bond donors (Lipinski definition) is 1. The number of hydrogen-bond acceptors (Lipinski definition) is 3. The molecule has 1 saturated heterocycles. The zero-order valence-electron chi connectivity index (χ0n) is 9.78. The first-order valence-electron chi connectivity index (χ1n) is 5.71. The first-order chi connectivity index (χ1) is 7.65. The van der Waals surface area contributed by atoms with Crippen molar-refractivity contribution in [2.24, 2.45) is 0 Å². The molecule has 0 aromatic carbocycles. The second-order valence-electron chi connectivity index (χ2n) is 4.55. The number of pyridine rings is 1. The maximum absolute atomic E-state index is 5.77. The molecule has 0 saturated carbocycles. The van der Waals surface area contributed by atoms with Crippen LogP contribution in [0, 0.1) is 0 Å². The Morgan fingerprint density at radius 2 is 2.38 bits per heavy atom. The summed E-state index contributed by atoms with van der Waals surface area (Å²) in [5.41, 5.74) is 1.19. The van der Waals surface area contributed by atoms with Crippen molar-refractivity contribution in [3.8, 4) is 0 Å². The third-order valence-electron chi connectivity index (χ3n) is 3.13. The molecule has 2 atom stereocenters. The Balaban J connectivity index is 1.92. The summed E-state index contributed by atoms with van der Waals surface area (Å²) in [4.78, 5) is 6.46. The largest absolute Gasteiger partial charge is 0.306 e. The fourth-order valence-corrected chi connectivity index (χ4v) is 2.28. The van der Waals surface area contributed by atoms with E-state index in [0.717, 1.165) is 6.54 Å². The molecule has 4 heteroatoms. The lowest BCUT2D eigenvalue weighted by atomic mass is 10.1. The third-order valence-corrected chi connectivity index (χ3v) is 3.35. The molecule has 1 aliphatic rings. The second kappa shape index (κ2) is 5.13. The molecule has 0 amide bonds. The Hall–Kier alpha value is -0.640. The van der Waals surface area contributed by atoms with Crippen molar-refractivity contribution in [2.75, 3.05) is 20.1 Å². The highest BCUT2D eigenvalue weighted by molar-refractivity contribution is 6.29. The predicted molar refractivity (Wildman–Crippen MR) is 66.7 cm³/mol. The van der Waals surface area contributed by atoms with Gasteiger partial charge in [-0.25, -0.2) is 4.98 Å². The van der Waals surface area contributed by atoms with Crippen molar-refractivity contribution in [1.29, 1.82) is 0 Å². The van der Waals surface area contributed by atoms with Crippen LogP contribution in [0.25, 0.3) is 0 Å². The predicted octanol–water partition coefficient (Wildman–Crippen LogP) is 2.09. The van der Waals surface area contributed by atoms with Gasteiger partial charge in [-0.05, 0) is 38.6 Å². The first-order valence-corrected chi connectivity index (χ1v) is 6.09. The maximum Gasteiger partial charge on any atom is 0.129 e. The highest BCUT2D eigenvalue weighted by Gasteiger charge is 2.21. The van der Waals surface area contributed by atoms with Crippen molar-refractivity contribution in [2.45, 2.75) is 25.4 Å². The smallest absolute Gasteiger partial charge is 0.129 e. The van der Waals surface area contributed by atoms with Gasteiger partial charge in [0.05, 0.1) is 0 Å². The van der Waals surface area contributed by atoms with Gasteiger partial charge < -0.3 is 10.2 Å². The topological polar surface area (TPSA) is 28.2 Å². The van der Waals surface area contributed by atoms with Crippen molar-refractivity contribution in [3.05, 3.63) is 29.0 Å². The van der Waals surface area contributed by atoms with Gasteiger partial charge in [0.25, 0.3) is 0 Å². The summed E-state index contributed by atoms with van der Waals surface area (Å²) in [5.74, 6) is 0. The second-order valence-corrected chi connectivity index (χ2v) is 4.94. The normalized spacial score (nSPS) is 23.6. The first kappa shape index (κ1) is 11.8. The summed E-state index contributed by atoms with van der Waals surface area (Å²) in [7, 11) is 2.16. The van der Waals surface area contributed by atoms with E-state index in [2.05, 4.69) is 29.2 Å². The lowest BCUT2D eigenvalue weighted by Gasteiger charge is -2.19. The van der Waals surface area contributed by atoms with Gasteiger partial charge in [-0.2, -0.15) is 0 Å². The molecule has 1 fully saturated rings. The third kappa shape index (κ3) is 2.94. The van der Waals surface area contributed by atoms with Crippen LogP contribution < -0.4 is 5.32 Å². The number of likely N-dealkylation sites (tertiary alicyclic amines) is 1. The van der Waals surface area contributed by atoms with E-state index in [-0.39, 0.29) is 0 Å². The number of likely N-dealkylation sites (N-methyl/N-ethyl adjacent to an activating group) is 1. The average Bonchev–Trinajstić information content (AvgIpc) is 2.65. The van der Waals surface area contributed by atoms with Crippen LogP contribution >= 0.6 is 11.6 Å². The molecule has 2 rings (SSSR count). The molecule has 0 radical (unpaired) electrons. The lowest BCUT2D eigenvalue weighted by molar-refractivity contribution is 0.387. The van der Waals surface area contributed by atoms with E-state index in [4.69, 9.17) is 11.6 Å². The minimum absolute atomic E-state index is 0.335. The lowest BCUT2D eigenvalue weighted by Crippen LogP contribution is -2.33. The summed E-state index contributed by atoms with van der Waals surface area (Å²) in [6.07, 6.45) is 3.07. The van der Waals surface area contributed by atoms with E-state index < -0.39 is 0 Å². The van der Waals surface area contributed by atoms with Crippen molar-refractivity contribution < 1.29 is 0 Å². The molecule has 0 bridgehead atoms. The molecular formula is C12H18ClN3. The highest BCUT2D eigenvalue weighted by atomic mass is 35.5. The van der Waals surface area contributed by atoms with E-state index >= 15 is 0 Å². The average molecular weight is 240 g/mol. The van der Waals surface area contributed by atoms with E-state index in [1.165, 1.54) is 18.5 Å². The summed E-state index contributed by atoms with van der Waals surface area (Å²) in [6.45, 7) is 4.48. The van der Waals surface area contributed by atoms with Crippen LogP contribution in [0.5, 0.6) is 0 Å². The van der Waals surface area contributed by atoms with Gasteiger partial charge in [-0.15, -0.1) is 0 Å². The van der Waals surface area contributed by atoms with Crippen LogP contribution in [0.15, 0.2) is 18.3 Å². The zero-order chi connectivity index (χ0) is 11.5. The molecule has 88 valence electrons. The van der Waals surface area contributed by atoms with Crippen LogP contribution in [0.1, 0.15) is 24.9 Å². The molecule has 2 heterocycles. The summed E-state index contributed by atoms with van der Waals surface area (Å²) >= 11 is 5.77. The van der Waals surface area contributed by atoms with Gasteiger partial charge in [0.1, 0.15) is 5.15 Å². The quantitative estimate of drug-likeness (QED) is 0.819. The summed E-state index contributed by atoms with van der Waals surface area (Å²) in [5, 5.41) is 4.17. The molecule has 3 nitrogen and oxygen atoms in total. The van der Waals surface area contributed by atoms with E-state index in [9.17, 15) is 0 Å². The summed E-state index contributed by atoms with van der Waals surface area (Å²) < 4.78 is 0. The molecule has 1 aromatic rings. The van der Waals surface area contributed by atoms with Gasteiger partial charge in [0, 0.05) is 24.8 Å². The molecule has 1 aromatic heterocycles. The van der Waals surface area contributed by atoms with E-state index in [0.29, 0.717) is 17.2 Å². The Bertz CT molecular complexity index is 339. The minimum Gasteiger partial charge on any atom is -0.306 e. The van der Waals surface area contributed by atoms with Crippen molar-refractivity contribution >= 4 is 11.6 Å². The van der Waals surface area contributed by atoms with Crippen LogP contribution in [0.4, 0.5) is 0 Å². The van der Waals surface area contributed by atoms with Gasteiger partial charge in [-0.1, -0.05) is 17.7 Å². The number of aromatic nitrogens is 1. The number of rotatable bonds is 3. The number of nitrogens with one attached hydrogen (secondary N) is 1.